The quantitative estimate of drug-likeness (QED) is 0.706. The second-order valence-electron chi connectivity index (χ2n) is 4.41. The SMILES string of the molecule is Cc1ccc(CCC(=O)N(CCCl)CC(F)F)cc1. The molecule has 0 aliphatic rings. The fraction of sp³-hybridized carbons (Fsp3) is 0.500. The Morgan fingerprint density at radius 1 is 1.32 bits per heavy atom. The van der Waals surface area contributed by atoms with Crippen LogP contribution in [0.25, 0.3) is 0 Å². The highest BCUT2D eigenvalue weighted by Crippen LogP contribution is 2.08. The molecule has 0 aliphatic carbocycles. The Hall–Kier alpha value is -1.16. The third-order valence-electron chi connectivity index (χ3n) is 2.81. The molecule has 0 saturated carbocycles. The van der Waals surface area contributed by atoms with Crippen LogP contribution < -0.4 is 0 Å². The second-order valence-corrected chi connectivity index (χ2v) is 4.78. The molecule has 1 amide bonds. The van der Waals surface area contributed by atoms with Gasteiger partial charge in [-0.05, 0) is 18.9 Å². The first-order valence-corrected chi connectivity index (χ1v) is 6.74. The van der Waals surface area contributed by atoms with Crippen LogP contribution in [0.5, 0.6) is 0 Å². The van der Waals surface area contributed by atoms with Gasteiger partial charge in [0.05, 0.1) is 6.54 Å². The Kier molecular flexibility index (Phi) is 6.78. The van der Waals surface area contributed by atoms with E-state index in [0.717, 1.165) is 16.0 Å². The predicted octanol–water partition coefficient (Wildman–Crippen LogP) is 3.26. The summed E-state index contributed by atoms with van der Waals surface area (Å²) in [5.41, 5.74) is 2.18. The van der Waals surface area contributed by atoms with Gasteiger partial charge in [-0.3, -0.25) is 4.79 Å². The van der Waals surface area contributed by atoms with Crippen LogP contribution in [-0.2, 0) is 11.2 Å². The number of rotatable bonds is 7. The van der Waals surface area contributed by atoms with Gasteiger partial charge in [0.2, 0.25) is 5.91 Å². The number of halogens is 3. The predicted molar refractivity (Wildman–Crippen MR) is 72.8 cm³/mol. The fourth-order valence-electron chi connectivity index (χ4n) is 1.75. The van der Waals surface area contributed by atoms with Gasteiger partial charge in [0.15, 0.2) is 0 Å². The Morgan fingerprint density at radius 3 is 2.47 bits per heavy atom. The first-order chi connectivity index (χ1) is 9.02. The van der Waals surface area contributed by atoms with E-state index in [1.807, 2.05) is 31.2 Å². The van der Waals surface area contributed by atoms with E-state index in [1.165, 1.54) is 0 Å². The van der Waals surface area contributed by atoms with Gasteiger partial charge >= 0.3 is 0 Å². The number of hydrogen-bond donors (Lipinski definition) is 0. The van der Waals surface area contributed by atoms with Gasteiger partial charge in [-0.25, -0.2) is 8.78 Å². The van der Waals surface area contributed by atoms with Crippen molar-refractivity contribution in [1.29, 1.82) is 0 Å². The van der Waals surface area contributed by atoms with Crippen LogP contribution in [0.2, 0.25) is 0 Å². The molecule has 0 saturated heterocycles. The van der Waals surface area contributed by atoms with Crippen LogP contribution in [0.1, 0.15) is 17.5 Å². The molecule has 1 aromatic rings. The smallest absolute Gasteiger partial charge is 0.255 e. The van der Waals surface area contributed by atoms with Gasteiger partial charge in [-0.2, -0.15) is 0 Å². The standard InChI is InChI=1S/C14H18ClF2NO/c1-11-2-4-12(5-3-11)6-7-14(19)18(9-8-15)10-13(16)17/h2-5,13H,6-10H2,1H3. The van der Waals surface area contributed by atoms with Gasteiger partial charge in [-0.15, -0.1) is 11.6 Å². The lowest BCUT2D eigenvalue weighted by atomic mass is 10.1. The first-order valence-electron chi connectivity index (χ1n) is 6.20. The van der Waals surface area contributed by atoms with Gasteiger partial charge in [0, 0.05) is 18.8 Å². The van der Waals surface area contributed by atoms with E-state index in [2.05, 4.69) is 0 Å². The highest BCUT2D eigenvalue weighted by Gasteiger charge is 2.17. The third-order valence-corrected chi connectivity index (χ3v) is 2.98. The maximum atomic E-state index is 12.3. The summed E-state index contributed by atoms with van der Waals surface area (Å²) in [6, 6.07) is 7.83. The van der Waals surface area contributed by atoms with E-state index >= 15 is 0 Å². The molecule has 2 nitrogen and oxygen atoms in total. The molecule has 1 rings (SSSR count). The molecule has 0 aromatic heterocycles. The van der Waals surface area contributed by atoms with Crippen LogP contribution in [0, 0.1) is 6.92 Å². The van der Waals surface area contributed by atoms with Crippen LogP contribution in [-0.4, -0.2) is 36.2 Å². The van der Waals surface area contributed by atoms with E-state index in [4.69, 9.17) is 11.6 Å². The molecule has 0 bridgehead atoms. The van der Waals surface area contributed by atoms with Crippen molar-refractivity contribution in [3.63, 3.8) is 0 Å². The maximum Gasteiger partial charge on any atom is 0.255 e. The highest BCUT2D eigenvalue weighted by molar-refractivity contribution is 6.18. The number of alkyl halides is 3. The van der Waals surface area contributed by atoms with Gasteiger partial charge in [0.1, 0.15) is 0 Å². The van der Waals surface area contributed by atoms with Gasteiger partial charge < -0.3 is 4.90 Å². The minimum absolute atomic E-state index is 0.165. The summed E-state index contributed by atoms with van der Waals surface area (Å²) in [6.07, 6.45) is -1.74. The largest absolute Gasteiger partial charge is 0.336 e. The third kappa shape index (κ3) is 6.01. The second kappa shape index (κ2) is 8.10. The molecular weight excluding hydrogens is 272 g/mol. The lowest BCUT2D eigenvalue weighted by Crippen LogP contribution is -2.36. The van der Waals surface area contributed by atoms with Crippen LogP contribution in [0.4, 0.5) is 8.78 Å². The monoisotopic (exact) mass is 289 g/mol. The summed E-state index contributed by atoms with van der Waals surface area (Å²) in [5.74, 6) is -0.107. The van der Waals surface area contributed by atoms with E-state index in [9.17, 15) is 13.6 Å². The summed E-state index contributed by atoms with van der Waals surface area (Å²) in [6.45, 7) is 1.61. The minimum atomic E-state index is -2.52. The molecule has 106 valence electrons. The maximum absolute atomic E-state index is 12.3. The summed E-state index contributed by atoms with van der Waals surface area (Å²) in [4.78, 5) is 13.0. The molecule has 19 heavy (non-hydrogen) atoms. The van der Waals surface area contributed by atoms with Crippen molar-refractivity contribution < 1.29 is 13.6 Å². The van der Waals surface area contributed by atoms with E-state index < -0.39 is 13.0 Å². The number of hydrogen-bond acceptors (Lipinski definition) is 1. The van der Waals surface area contributed by atoms with Crippen molar-refractivity contribution in [2.75, 3.05) is 19.0 Å². The number of aryl methyl sites for hydroxylation is 2. The van der Waals surface area contributed by atoms with Crippen molar-refractivity contribution in [1.82, 2.24) is 4.90 Å². The van der Waals surface area contributed by atoms with E-state index in [0.29, 0.717) is 6.42 Å². The molecule has 1 aromatic carbocycles. The highest BCUT2D eigenvalue weighted by atomic mass is 35.5. The molecule has 5 heteroatoms. The summed E-state index contributed by atoms with van der Waals surface area (Å²) >= 11 is 5.52. The Balaban J connectivity index is 2.49. The number of amides is 1. The number of benzene rings is 1. The van der Waals surface area contributed by atoms with Crippen molar-refractivity contribution in [2.24, 2.45) is 0 Å². The van der Waals surface area contributed by atoms with Crippen LogP contribution in [0.3, 0.4) is 0 Å². The first kappa shape index (κ1) is 15.9. The van der Waals surface area contributed by atoms with Gasteiger partial charge in [-0.1, -0.05) is 29.8 Å². The lowest BCUT2D eigenvalue weighted by molar-refractivity contribution is -0.132. The average molecular weight is 290 g/mol. The Morgan fingerprint density at radius 2 is 1.95 bits per heavy atom. The average Bonchev–Trinajstić information content (AvgIpc) is 2.37. The number of carbonyl (C=O) groups is 1. The number of carbonyl (C=O) groups excluding carboxylic acids is 1. The molecule has 0 fully saturated rings. The van der Waals surface area contributed by atoms with Crippen molar-refractivity contribution >= 4 is 17.5 Å². The molecule has 0 heterocycles. The zero-order chi connectivity index (χ0) is 14.3. The molecule has 0 radical (unpaired) electrons. The number of nitrogens with zero attached hydrogens (tertiary/aromatic N) is 1. The normalized spacial score (nSPS) is 10.8. The summed E-state index contributed by atoms with van der Waals surface area (Å²) in [5, 5.41) is 0. The molecule has 0 atom stereocenters. The van der Waals surface area contributed by atoms with Crippen molar-refractivity contribution in [3.8, 4) is 0 Å². The van der Waals surface area contributed by atoms with Crippen molar-refractivity contribution in [3.05, 3.63) is 35.4 Å². The Labute approximate surface area is 117 Å². The molecule has 0 aliphatic heterocycles. The Bertz CT molecular complexity index is 395. The molecule has 0 unspecified atom stereocenters. The van der Waals surface area contributed by atoms with Crippen molar-refractivity contribution in [2.45, 2.75) is 26.2 Å². The molecule has 0 N–H and O–H groups in total. The molecule has 0 spiro atoms. The summed E-state index contributed by atoms with van der Waals surface area (Å²) < 4.78 is 24.7. The summed E-state index contributed by atoms with van der Waals surface area (Å²) in [7, 11) is 0. The zero-order valence-electron chi connectivity index (χ0n) is 10.9. The zero-order valence-corrected chi connectivity index (χ0v) is 11.7. The topological polar surface area (TPSA) is 20.3 Å². The van der Waals surface area contributed by atoms with E-state index in [1.54, 1.807) is 0 Å². The van der Waals surface area contributed by atoms with Gasteiger partial charge in [0.25, 0.3) is 6.43 Å². The minimum Gasteiger partial charge on any atom is -0.336 e. The van der Waals surface area contributed by atoms with Crippen LogP contribution >= 0.6 is 11.6 Å². The van der Waals surface area contributed by atoms with E-state index in [-0.39, 0.29) is 24.8 Å². The fourth-order valence-corrected chi connectivity index (χ4v) is 1.95. The lowest BCUT2D eigenvalue weighted by Gasteiger charge is -2.21. The van der Waals surface area contributed by atoms with Crippen LogP contribution in [0.15, 0.2) is 24.3 Å². The molecular formula is C14H18ClF2NO.